The first-order valence-corrected chi connectivity index (χ1v) is 9.18. The summed E-state index contributed by atoms with van der Waals surface area (Å²) in [5, 5.41) is 6.64. The molecule has 0 aliphatic carbocycles. The Bertz CT molecular complexity index is 1220. The summed E-state index contributed by atoms with van der Waals surface area (Å²) in [5.74, 6) is 0.481. The van der Waals surface area contributed by atoms with E-state index in [2.05, 4.69) is 25.4 Å². The van der Waals surface area contributed by atoms with E-state index in [-0.39, 0.29) is 5.56 Å². The second-order valence-corrected chi connectivity index (χ2v) is 6.64. The number of aryl methyl sites for hydroxylation is 3. The summed E-state index contributed by atoms with van der Waals surface area (Å²) in [7, 11) is 0. The molecule has 0 fully saturated rings. The van der Waals surface area contributed by atoms with E-state index in [1.165, 1.54) is 18.3 Å². The Hall–Kier alpha value is -3.82. The number of hydrogen-bond acceptors (Lipinski definition) is 5. The van der Waals surface area contributed by atoms with E-state index in [0.29, 0.717) is 23.6 Å². The predicted molar refractivity (Wildman–Crippen MR) is 109 cm³/mol. The summed E-state index contributed by atoms with van der Waals surface area (Å²) < 4.78 is 40.8. The number of aromatic nitrogens is 5. The van der Waals surface area contributed by atoms with E-state index in [0.717, 1.165) is 23.0 Å². The van der Waals surface area contributed by atoms with Gasteiger partial charge >= 0.3 is 6.18 Å². The molecule has 160 valence electrons. The van der Waals surface area contributed by atoms with Crippen molar-refractivity contribution in [1.82, 2.24) is 24.6 Å². The molecule has 0 radical (unpaired) electrons. The van der Waals surface area contributed by atoms with Crippen molar-refractivity contribution in [3.05, 3.63) is 71.4 Å². The molecule has 0 unspecified atom stereocenters. The summed E-state index contributed by atoms with van der Waals surface area (Å²) in [6, 6.07) is 6.99. The van der Waals surface area contributed by atoms with E-state index >= 15 is 0 Å². The molecular weight excluding hydrogens is 409 g/mol. The summed E-state index contributed by atoms with van der Waals surface area (Å²) in [5.41, 5.74) is 2.71. The molecule has 0 atom stereocenters. The first kappa shape index (κ1) is 21.9. The van der Waals surface area contributed by atoms with Crippen molar-refractivity contribution in [3.8, 4) is 11.3 Å². The molecule has 0 spiro atoms. The van der Waals surface area contributed by atoms with Crippen LogP contribution in [0.2, 0.25) is 0 Å². The van der Waals surface area contributed by atoms with Crippen LogP contribution >= 0.6 is 0 Å². The van der Waals surface area contributed by atoms with Crippen LogP contribution < -0.4 is 5.32 Å². The quantitative estimate of drug-likeness (QED) is 0.490. The number of hydrogen-bond donors (Lipinski definition) is 1. The SMILES string of the molecule is Cc1cncc(NC=O)n1.Cc1nn2ccc(-c3ccccc3C(F)(F)F)nc2c1C. The molecule has 31 heavy (non-hydrogen) atoms. The lowest BCUT2D eigenvalue weighted by Gasteiger charge is -2.12. The van der Waals surface area contributed by atoms with Gasteiger partial charge in [0.25, 0.3) is 0 Å². The van der Waals surface area contributed by atoms with Crippen LogP contribution in [-0.4, -0.2) is 31.0 Å². The highest BCUT2D eigenvalue weighted by Crippen LogP contribution is 2.36. The van der Waals surface area contributed by atoms with Crippen molar-refractivity contribution in [2.45, 2.75) is 26.9 Å². The zero-order valence-electron chi connectivity index (χ0n) is 17.0. The summed E-state index contributed by atoms with van der Waals surface area (Å²) >= 11 is 0. The molecule has 0 aliphatic rings. The van der Waals surface area contributed by atoms with Crippen molar-refractivity contribution in [1.29, 1.82) is 0 Å². The minimum Gasteiger partial charge on any atom is -0.312 e. The van der Waals surface area contributed by atoms with Gasteiger partial charge in [0, 0.05) is 23.5 Å². The Morgan fingerprint density at radius 2 is 1.77 bits per heavy atom. The maximum absolute atomic E-state index is 13.1. The Balaban J connectivity index is 0.000000229. The number of fused-ring (bicyclic) bond motifs is 1. The highest BCUT2D eigenvalue weighted by molar-refractivity contribution is 5.68. The van der Waals surface area contributed by atoms with Crippen LogP contribution in [0.3, 0.4) is 0 Å². The molecule has 1 N–H and O–H groups in total. The highest BCUT2D eigenvalue weighted by Gasteiger charge is 2.33. The molecule has 1 aromatic carbocycles. The predicted octanol–water partition coefficient (Wildman–Crippen LogP) is 4.39. The smallest absolute Gasteiger partial charge is 0.312 e. The number of nitrogens with one attached hydrogen (secondary N) is 1. The minimum absolute atomic E-state index is 0.0748. The molecular formula is C21H19F3N6O. The van der Waals surface area contributed by atoms with Crippen molar-refractivity contribution >= 4 is 17.9 Å². The highest BCUT2D eigenvalue weighted by atomic mass is 19.4. The number of benzene rings is 1. The topological polar surface area (TPSA) is 85.1 Å². The number of carbonyl (C=O) groups is 1. The fourth-order valence-corrected chi connectivity index (χ4v) is 2.85. The fraction of sp³-hybridized carbons (Fsp3) is 0.190. The van der Waals surface area contributed by atoms with Gasteiger partial charge in [-0.3, -0.25) is 9.78 Å². The Morgan fingerprint density at radius 1 is 1.03 bits per heavy atom. The molecule has 1 amide bonds. The average molecular weight is 428 g/mol. The zero-order chi connectivity index (χ0) is 22.6. The van der Waals surface area contributed by atoms with Gasteiger partial charge in [-0.2, -0.15) is 18.3 Å². The van der Waals surface area contributed by atoms with Gasteiger partial charge in [-0.15, -0.1) is 0 Å². The van der Waals surface area contributed by atoms with Crippen molar-refractivity contribution < 1.29 is 18.0 Å². The second-order valence-electron chi connectivity index (χ2n) is 6.64. The Labute approximate surface area is 176 Å². The number of anilines is 1. The van der Waals surface area contributed by atoms with Gasteiger partial charge in [-0.05, 0) is 32.9 Å². The first-order chi connectivity index (χ1) is 14.7. The Kier molecular flexibility index (Phi) is 6.28. The van der Waals surface area contributed by atoms with Crippen LogP contribution in [0.1, 0.15) is 22.5 Å². The number of rotatable bonds is 3. The van der Waals surface area contributed by atoms with E-state index in [9.17, 15) is 18.0 Å². The number of alkyl halides is 3. The van der Waals surface area contributed by atoms with Gasteiger partial charge in [0.05, 0.1) is 28.8 Å². The lowest BCUT2D eigenvalue weighted by Crippen LogP contribution is -2.07. The van der Waals surface area contributed by atoms with Crippen LogP contribution in [0, 0.1) is 20.8 Å². The number of nitrogens with zero attached hydrogens (tertiary/aromatic N) is 5. The van der Waals surface area contributed by atoms with Gasteiger partial charge in [0.15, 0.2) is 11.5 Å². The molecule has 3 aromatic heterocycles. The molecule has 3 heterocycles. The van der Waals surface area contributed by atoms with Gasteiger partial charge in [0.2, 0.25) is 6.41 Å². The Morgan fingerprint density at radius 3 is 2.45 bits per heavy atom. The number of halogens is 3. The fourth-order valence-electron chi connectivity index (χ4n) is 2.85. The normalized spacial score (nSPS) is 11.0. The van der Waals surface area contributed by atoms with E-state index in [1.54, 1.807) is 29.0 Å². The van der Waals surface area contributed by atoms with E-state index < -0.39 is 11.7 Å². The van der Waals surface area contributed by atoms with Gasteiger partial charge in [-0.1, -0.05) is 18.2 Å². The van der Waals surface area contributed by atoms with Gasteiger partial charge < -0.3 is 5.32 Å². The third-order valence-corrected chi connectivity index (χ3v) is 4.42. The van der Waals surface area contributed by atoms with Crippen LogP contribution in [0.4, 0.5) is 19.0 Å². The lowest BCUT2D eigenvalue weighted by molar-refractivity contribution is -0.137. The molecule has 10 heteroatoms. The van der Waals surface area contributed by atoms with E-state index in [1.807, 2.05) is 20.8 Å². The number of carbonyl (C=O) groups excluding carboxylic acids is 1. The van der Waals surface area contributed by atoms with E-state index in [4.69, 9.17) is 0 Å². The average Bonchev–Trinajstić information content (AvgIpc) is 3.01. The van der Waals surface area contributed by atoms with Crippen LogP contribution in [0.25, 0.3) is 16.9 Å². The van der Waals surface area contributed by atoms with Crippen molar-refractivity contribution in [2.24, 2.45) is 0 Å². The summed E-state index contributed by atoms with van der Waals surface area (Å²) in [4.78, 5) is 22.0. The lowest BCUT2D eigenvalue weighted by atomic mass is 10.0. The zero-order valence-corrected chi connectivity index (χ0v) is 17.0. The van der Waals surface area contributed by atoms with Gasteiger partial charge in [0.1, 0.15) is 0 Å². The summed E-state index contributed by atoms with van der Waals surface area (Å²) in [6.07, 6.45) is 0.904. The standard InChI is InChI=1S/C15H12F3N3.C6H7N3O/c1-9-10(2)20-21-8-7-13(19-14(9)21)11-5-3-4-6-12(11)15(16,17)18;1-5-2-7-3-6(9-5)8-4-10/h3-8H,1-2H3;2-4H,1H3,(H,8,9,10). The second kappa shape index (κ2) is 8.90. The number of amides is 1. The maximum Gasteiger partial charge on any atom is 0.417 e. The molecule has 0 bridgehead atoms. The molecule has 7 nitrogen and oxygen atoms in total. The molecule has 0 aliphatic heterocycles. The molecule has 4 rings (SSSR count). The molecule has 0 saturated carbocycles. The first-order valence-electron chi connectivity index (χ1n) is 9.18. The summed E-state index contributed by atoms with van der Waals surface area (Å²) in [6.45, 7) is 5.50. The van der Waals surface area contributed by atoms with Crippen molar-refractivity contribution in [2.75, 3.05) is 5.32 Å². The monoisotopic (exact) mass is 428 g/mol. The largest absolute Gasteiger partial charge is 0.417 e. The minimum atomic E-state index is -4.41. The van der Waals surface area contributed by atoms with Crippen molar-refractivity contribution in [3.63, 3.8) is 0 Å². The molecule has 0 saturated heterocycles. The van der Waals surface area contributed by atoms with Crippen LogP contribution in [0.15, 0.2) is 48.9 Å². The van der Waals surface area contributed by atoms with Crippen LogP contribution in [-0.2, 0) is 11.0 Å². The third-order valence-electron chi connectivity index (χ3n) is 4.42. The third kappa shape index (κ3) is 5.03. The van der Waals surface area contributed by atoms with Crippen LogP contribution in [0.5, 0.6) is 0 Å². The maximum atomic E-state index is 13.1. The molecule has 4 aromatic rings. The van der Waals surface area contributed by atoms with Gasteiger partial charge in [-0.25, -0.2) is 14.5 Å².